The first-order valence-corrected chi connectivity index (χ1v) is 5.93. The third-order valence-electron chi connectivity index (χ3n) is 2.03. The van der Waals surface area contributed by atoms with E-state index in [4.69, 9.17) is 27.9 Å². The lowest BCUT2D eigenvalue weighted by atomic mass is 10.2. The summed E-state index contributed by atoms with van der Waals surface area (Å²) in [4.78, 5) is 12.3. The molecular weight excluding hydrogens is 317 g/mol. The summed E-state index contributed by atoms with van der Waals surface area (Å²) in [5.74, 6) is 0.517. The number of halogens is 3. The lowest BCUT2D eigenvalue weighted by Gasteiger charge is -2.15. The number of hydrogen-bond acceptors (Lipinski definition) is 2. The van der Waals surface area contributed by atoms with Gasteiger partial charge in [-0.1, -0.05) is 23.2 Å². The van der Waals surface area contributed by atoms with Gasteiger partial charge in [-0.25, -0.2) is 0 Å². The van der Waals surface area contributed by atoms with Gasteiger partial charge < -0.3 is 9.64 Å². The van der Waals surface area contributed by atoms with Crippen LogP contribution < -0.4 is 4.74 Å². The lowest BCUT2D eigenvalue weighted by Crippen LogP contribution is -2.19. The highest BCUT2D eigenvalue weighted by molar-refractivity contribution is 9.18. The first-order chi connectivity index (χ1) is 7.45. The number of hydrogen-bond donors (Lipinski definition) is 0. The van der Waals surface area contributed by atoms with Gasteiger partial charge in [-0.05, 0) is 11.6 Å². The molecule has 0 unspecified atom stereocenters. The maximum absolute atomic E-state index is 11.0. The van der Waals surface area contributed by atoms with Gasteiger partial charge in [0.15, 0.2) is 0 Å². The fraction of sp³-hybridized carbons (Fsp3) is 0.300. The quantitative estimate of drug-likeness (QED) is 0.621. The summed E-state index contributed by atoms with van der Waals surface area (Å²) >= 11 is 14.9. The van der Waals surface area contributed by atoms with Crippen LogP contribution in [0, 0.1) is 0 Å². The van der Waals surface area contributed by atoms with Crippen LogP contribution in [0.5, 0.6) is 5.75 Å². The van der Waals surface area contributed by atoms with Gasteiger partial charge >= 0.3 is 0 Å². The Balaban J connectivity index is 2.98. The van der Waals surface area contributed by atoms with Crippen LogP contribution in [-0.4, -0.2) is 23.9 Å². The van der Waals surface area contributed by atoms with Gasteiger partial charge in [0.1, 0.15) is 5.75 Å². The largest absolute Gasteiger partial charge is 0.495 e. The second kappa shape index (κ2) is 5.75. The number of carbonyl (C=O) groups excluding carboxylic acids is 1. The summed E-state index contributed by atoms with van der Waals surface area (Å²) in [6.45, 7) is 0.382. The van der Waals surface area contributed by atoms with E-state index in [2.05, 4.69) is 15.9 Å². The van der Waals surface area contributed by atoms with Gasteiger partial charge in [0.2, 0.25) is 0 Å². The fourth-order valence-corrected chi connectivity index (χ4v) is 1.77. The molecule has 0 atom stereocenters. The summed E-state index contributed by atoms with van der Waals surface area (Å²) in [6.07, 6.45) is 0. The van der Waals surface area contributed by atoms with Crippen molar-refractivity contribution < 1.29 is 9.53 Å². The number of rotatable bonds is 3. The molecule has 0 fully saturated rings. The Morgan fingerprint density at radius 1 is 1.44 bits per heavy atom. The predicted molar refractivity (Wildman–Crippen MR) is 68.8 cm³/mol. The normalized spacial score (nSPS) is 10.1. The van der Waals surface area contributed by atoms with Gasteiger partial charge in [-0.15, -0.1) is 0 Å². The van der Waals surface area contributed by atoms with Crippen molar-refractivity contribution in [2.45, 2.75) is 6.54 Å². The van der Waals surface area contributed by atoms with Crippen LogP contribution in [0.15, 0.2) is 12.1 Å². The molecule has 1 aromatic rings. The average molecular weight is 327 g/mol. The Kier molecular flexibility index (Phi) is 4.89. The van der Waals surface area contributed by atoms with Crippen LogP contribution in [0.3, 0.4) is 0 Å². The van der Waals surface area contributed by atoms with Crippen molar-refractivity contribution in [3.63, 3.8) is 0 Å². The zero-order chi connectivity index (χ0) is 12.3. The highest BCUT2D eigenvalue weighted by Crippen LogP contribution is 2.31. The van der Waals surface area contributed by atoms with E-state index in [0.29, 0.717) is 22.3 Å². The third kappa shape index (κ3) is 3.27. The van der Waals surface area contributed by atoms with Gasteiger partial charge in [0.05, 0.1) is 12.1 Å². The fourth-order valence-electron chi connectivity index (χ4n) is 1.17. The van der Waals surface area contributed by atoms with E-state index in [1.807, 2.05) is 0 Å². The van der Waals surface area contributed by atoms with Crippen LogP contribution in [0.25, 0.3) is 0 Å². The minimum atomic E-state index is -0.212. The molecule has 0 aliphatic rings. The molecule has 0 bridgehead atoms. The summed E-state index contributed by atoms with van der Waals surface area (Å²) < 4.78 is 5.03. The van der Waals surface area contributed by atoms with Crippen molar-refractivity contribution in [3.05, 3.63) is 27.7 Å². The lowest BCUT2D eigenvalue weighted by molar-refractivity contribution is 0.233. The summed E-state index contributed by atoms with van der Waals surface area (Å²) in [5.41, 5.74) is 0.766. The molecule has 0 aromatic heterocycles. The van der Waals surface area contributed by atoms with E-state index in [-0.39, 0.29) is 4.82 Å². The predicted octanol–water partition coefficient (Wildman–Crippen LogP) is 3.95. The third-order valence-corrected chi connectivity index (χ3v) is 3.28. The van der Waals surface area contributed by atoms with E-state index in [9.17, 15) is 4.79 Å². The molecule has 16 heavy (non-hydrogen) atoms. The average Bonchev–Trinajstić information content (AvgIpc) is 2.22. The van der Waals surface area contributed by atoms with E-state index >= 15 is 0 Å². The van der Waals surface area contributed by atoms with Crippen LogP contribution >= 0.6 is 39.1 Å². The molecule has 1 amide bonds. The maximum atomic E-state index is 11.0. The van der Waals surface area contributed by atoms with Gasteiger partial charge in [-0.2, -0.15) is 0 Å². The van der Waals surface area contributed by atoms with E-state index in [1.54, 1.807) is 19.2 Å². The minimum Gasteiger partial charge on any atom is -0.495 e. The molecule has 1 aromatic carbocycles. The summed E-state index contributed by atoms with van der Waals surface area (Å²) in [6, 6.07) is 3.32. The monoisotopic (exact) mass is 325 g/mol. The Bertz CT molecular complexity index is 412. The molecule has 0 saturated heterocycles. The molecule has 0 spiro atoms. The Morgan fingerprint density at radius 3 is 2.56 bits per heavy atom. The summed E-state index contributed by atoms with van der Waals surface area (Å²) in [5, 5.41) is 0.985. The molecule has 0 N–H and O–H groups in total. The van der Waals surface area contributed by atoms with Crippen molar-refractivity contribution in [1.29, 1.82) is 0 Å². The van der Waals surface area contributed by atoms with Gasteiger partial charge in [0.25, 0.3) is 4.82 Å². The number of nitrogens with zero attached hydrogens (tertiary/aromatic N) is 1. The van der Waals surface area contributed by atoms with Crippen molar-refractivity contribution in [2.24, 2.45) is 0 Å². The topological polar surface area (TPSA) is 29.5 Å². The molecule has 0 aliphatic heterocycles. The molecule has 0 heterocycles. The van der Waals surface area contributed by atoms with Crippen LogP contribution in [0.1, 0.15) is 5.56 Å². The van der Waals surface area contributed by atoms with Crippen molar-refractivity contribution in [3.8, 4) is 5.75 Å². The second-order valence-electron chi connectivity index (χ2n) is 3.19. The zero-order valence-electron chi connectivity index (χ0n) is 8.76. The van der Waals surface area contributed by atoms with E-state index in [0.717, 1.165) is 5.56 Å². The van der Waals surface area contributed by atoms with Crippen molar-refractivity contribution in [1.82, 2.24) is 4.90 Å². The van der Waals surface area contributed by atoms with Crippen LogP contribution in [0.4, 0.5) is 4.79 Å². The summed E-state index contributed by atoms with van der Waals surface area (Å²) in [7, 11) is 3.18. The maximum Gasteiger partial charge on any atom is 0.289 e. The van der Waals surface area contributed by atoms with Gasteiger partial charge in [-0.3, -0.25) is 4.79 Å². The molecule has 0 radical (unpaired) electrons. The van der Waals surface area contributed by atoms with Crippen molar-refractivity contribution >= 4 is 43.9 Å². The van der Waals surface area contributed by atoms with Crippen molar-refractivity contribution in [2.75, 3.05) is 14.2 Å². The highest BCUT2D eigenvalue weighted by Gasteiger charge is 2.11. The highest BCUT2D eigenvalue weighted by atomic mass is 79.9. The zero-order valence-corrected chi connectivity index (χ0v) is 11.9. The van der Waals surface area contributed by atoms with E-state index < -0.39 is 0 Å². The molecule has 3 nitrogen and oxygen atoms in total. The Morgan fingerprint density at radius 2 is 2.06 bits per heavy atom. The minimum absolute atomic E-state index is 0.212. The first kappa shape index (κ1) is 13.6. The Hall–Kier alpha value is -0.450. The van der Waals surface area contributed by atoms with Crippen LogP contribution in [-0.2, 0) is 6.54 Å². The SMILES string of the molecule is COc1cc(Cl)c(CN(C)C(=O)Br)cc1Cl. The molecule has 0 saturated carbocycles. The van der Waals surface area contributed by atoms with Crippen LogP contribution in [0.2, 0.25) is 10.0 Å². The standard InChI is InChI=1S/C10H10BrCl2NO2/c1-14(10(11)15)5-6-3-8(13)9(16-2)4-7(6)12/h3-4H,5H2,1-2H3. The number of benzene rings is 1. The first-order valence-electron chi connectivity index (χ1n) is 4.38. The van der Waals surface area contributed by atoms with E-state index in [1.165, 1.54) is 12.0 Å². The Labute approximate surface area is 112 Å². The molecular formula is C10H10BrCl2NO2. The number of methoxy groups -OCH3 is 1. The second-order valence-corrected chi connectivity index (χ2v) is 4.68. The smallest absolute Gasteiger partial charge is 0.289 e. The number of ether oxygens (including phenoxy) is 1. The van der Waals surface area contributed by atoms with Gasteiger partial charge in [0, 0.05) is 40.6 Å². The number of carbonyl (C=O) groups is 1. The molecule has 0 aliphatic carbocycles. The molecule has 88 valence electrons. The number of amides is 1. The molecule has 1 rings (SSSR count). The molecule has 6 heteroatoms.